The Morgan fingerprint density at radius 1 is 1.32 bits per heavy atom. The Morgan fingerprint density at radius 3 is 2.58 bits per heavy atom. The molecule has 0 aliphatic carbocycles. The maximum absolute atomic E-state index is 11.9. The molecule has 0 atom stereocenters. The SMILES string of the molecule is C=CCOC(=O)NC(=C)C(=O)c1ccc(Cl)c(Cl)c1. The van der Waals surface area contributed by atoms with Crippen molar-refractivity contribution in [2.24, 2.45) is 0 Å². The van der Waals surface area contributed by atoms with Crippen molar-refractivity contribution in [3.63, 3.8) is 0 Å². The average Bonchev–Trinajstić information content (AvgIpc) is 2.38. The lowest BCUT2D eigenvalue weighted by Gasteiger charge is -2.08. The molecule has 1 aromatic rings. The van der Waals surface area contributed by atoms with Crippen molar-refractivity contribution in [2.75, 3.05) is 6.61 Å². The number of hydrogen-bond acceptors (Lipinski definition) is 3. The summed E-state index contributed by atoms with van der Waals surface area (Å²) in [5.41, 5.74) is 0.149. The van der Waals surface area contributed by atoms with Gasteiger partial charge >= 0.3 is 6.09 Å². The third-order valence-corrected chi connectivity index (χ3v) is 2.78. The predicted molar refractivity (Wildman–Crippen MR) is 74.6 cm³/mol. The number of ketones is 1. The van der Waals surface area contributed by atoms with Crippen molar-refractivity contribution < 1.29 is 14.3 Å². The second-order valence-corrected chi connectivity index (χ2v) is 4.26. The molecule has 0 unspecified atom stereocenters. The second-order valence-electron chi connectivity index (χ2n) is 3.45. The van der Waals surface area contributed by atoms with Gasteiger partial charge < -0.3 is 4.74 Å². The summed E-state index contributed by atoms with van der Waals surface area (Å²) >= 11 is 11.5. The number of hydrogen-bond donors (Lipinski definition) is 1. The zero-order valence-corrected chi connectivity index (χ0v) is 11.4. The topological polar surface area (TPSA) is 55.4 Å². The van der Waals surface area contributed by atoms with Crippen molar-refractivity contribution >= 4 is 35.1 Å². The van der Waals surface area contributed by atoms with Crippen molar-refractivity contribution in [3.05, 3.63) is 58.7 Å². The molecule has 0 fully saturated rings. The Morgan fingerprint density at radius 2 is 2.00 bits per heavy atom. The number of carbonyl (C=O) groups excluding carboxylic acids is 2. The summed E-state index contributed by atoms with van der Waals surface area (Å²) in [6.07, 6.45) is 0.627. The van der Waals surface area contributed by atoms with Crippen LogP contribution in [-0.2, 0) is 4.74 Å². The zero-order valence-electron chi connectivity index (χ0n) is 9.91. The number of halogens is 2. The quantitative estimate of drug-likeness (QED) is 0.513. The minimum atomic E-state index is -0.779. The first kappa shape index (κ1) is 15.3. The van der Waals surface area contributed by atoms with E-state index in [1.165, 1.54) is 24.3 Å². The first-order chi connectivity index (χ1) is 8.95. The Hall–Kier alpha value is -1.78. The number of benzene rings is 1. The van der Waals surface area contributed by atoms with Crippen LogP contribution in [0.25, 0.3) is 0 Å². The van der Waals surface area contributed by atoms with Crippen LogP contribution in [0.2, 0.25) is 10.0 Å². The first-order valence-electron chi connectivity index (χ1n) is 5.19. The van der Waals surface area contributed by atoms with Crippen LogP contribution in [0.1, 0.15) is 10.4 Å². The number of alkyl carbamates (subject to hydrolysis) is 1. The van der Waals surface area contributed by atoms with Gasteiger partial charge in [-0.25, -0.2) is 4.79 Å². The molecule has 19 heavy (non-hydrogen) atoms. The minimum absolute atomic E-state index is 0.0417. The number of nitrogens with one attached hydrogen (secondary N) is 1. The molecule has 100 valence electrons. The van der Waals surface area contributed by atoms with E-state index in [0.29, 0.717) is 5.02 Å². The smallest absolute Gasteiger partial charge is 0.412 e. The van der Waals surface area contributed by atoms with Gasteiger partial charge in [-0.3, -0.25) is 10.1 Å². The number of amides is 1. The van der Waals surface area contributed by atoms with Crippen molar-refractivity contribution in [2.45, 2.75) is 0 Å². The monoisotopic (exact) mass is 299 g/mol. The molecule has 4 nitrogen and oxygen atoms in total. The average molecular weight is 300 g/mol. The lowest BCUT2D eigenvalue weighted by molar-refractivity contribution is 0.102. The standard InChI is InChI=1S/C13H11Cl2NO3/c1-3-6-19-13(18)16-8(2)12(17)9-4-5-10(14)11(15)7-9/h3-5,7H,1-2,6H2,(H,16,18). The lowest BCUT2D eigenvalue weighted by atomic mass is 10.1. The highest BCUT2D eigenvalue weighted by Gasteiger charge is 2.14. The molecule has 0 aromatic heterocycles. The Kier molecular flexibility index (Phi) is 5.60. The summed E-state index contributed by atoms with van der Waals surface area (Å²) in [5, 5.41) is 2.80. The fourth-order valence-electron chi connectivity index (χ4n) is 1.16. The van der Waals surface area contributed by atoms with Gasteiger partial charge in [0.15, 0.2) is 0 Å². The minimum Gasteiger partial charge on any atom is -0.445 e. The highest BCUT2D eigenvalue weighted by atomic mass is 35.5. The normalized spacial score (nSPS) is 9.58. The molecular formula is C13H11Cl2NO3. The van der Waals surface area contributed by atoms with Crippen LogP contribution in [-0.4, -0.2) is 18.5 Å². The number of carbonyl (C=O) groups is 2. The van der Waals surface area contributed by atoms with Gasteiger partial charge in [-0.05, 0) is 18.2 Å². The molecule has 6 heteroatoms. The molecule has 1 rings (SSSR count). The van der Waals surface area contributed by atoms with E-state index in [4.69, 9.17) is 23.2 Å². The van der Waals surface area contributed by atoms with E-state index in [-0.39, 0.29) is 22.9 Å². The van der Waals surface area contributed by atoms with E-state index < -0.39 is 11.9 Å². The van der Waals surface area contributed by atoms with Gasteiger partial charge in [0.25, 0.3) is 0 Å². The Labute approximate surface area is 120 Å². The van der Waals surface area contributed by atoms with Crippen LogP contribution in [0.3, 0.4) is 0 Å². The Balaban J connectivity index is 2.71. The molecule has 0 radical (unpaired) electrons. The van der Waals surface area contributed by atoms with Gasteiger partial charge in [-0.15, -0.1) is 0 Å². The highest BCUT2D eigenvalue weighted by molar-refractivity contribution is 6.42. The van der Waals surface area contributed by atoms with E-state index >= 15 is 0 Å². The number of allylic oxidation sites excluding steroid dienone is 1. The van der Waals surface area contributed by atoms with Crippen LogP contribution in [0, 0.1) is 0 Å². The largest absolute Gasteiger partial charge is 0.445 e. The van der Waals surface area contributed by atoms with Gasteiger partial charge in [0, 0.05) is 5.56 Å². The van der Waals surface area contributed by atoms with Crippen LogP contribution in [0.5, 0.6) is 0 Å². The summed E-state index contributed by atoms with van der Waals surface area (Å²) in [6.45, 7) is 6.90. The highest BCUT2D eigenvalue weighted by Crippen LogP contribution is 2.23. The molecule has 0 heterocycles. The summed E-state index contributed by atoms with van der Waals surface area (Å²) in [4.78, 5) is 23.2. The Bertz CT molecular complexity index is 541. The van der Waals surface area contributed by atoms with E-state index in [0.717, 1.165) is 0 Å². The van der Waals surface area contributed by atoms with Gasteiger partial charge in [-0.2, -0.15) is 0 Å². The van der Waals surface area contributed by atoms with Gasteiger partial charge in [-0.1, -0.05) is 42.4 Å². The third-order valence-electron chi connectivity index (χ3n) is 2.04. The van der Waals surface area contributed by atoms with E-state index in [1.54, 1.807) is 0 Å². The van der Waals surface area contributed by atoms with E-state index in [9.17, 15) is 9.59 Å². The van der Waals surface area contributed by atoms with Crippen LogP contribution < -0.4 is 5.32 Å². The van der Waals surface area contributed by atoms with Gasteiger partial charge in [0.2, 0.25) is 5.78 Å². The summed E-state index contributed by atoms with van der Waals surface area (Å²) in [5.74, 6) is -0.478. The fraction of sp³-hybridized carbons (Fsp3) is 0.0769. The zero-order chi connectivity index (χ0) is 14.4. The van der Waals surface area contributed by atoms with Crippen molar-refractivity contribution in [1.82, 2.24) is 5.32 Å². The molecule has 0 bridgehead atoms. The third kappa shape index (κ3) is 4.43. The predicted octanol–water partition coefficient (Wildman–Crippen LogP) is 3.60. The van der Waals surface area contributed by atoms with E-state index in [2.05, 4.69) is 23.2 Å². The molecule has 0 spiro atoms. The number of Topliss-reactive ketones (excluding diaryl/α,β-unsaturated/α-hetero) is 1. The molecule has 0 aliphatic heterocycles. The first-order valence-corrected chi connectivity index (χ1v) is 5.94. The molecule has 1 aromatic carbocycles. The molecule has 0 saturated carbocycles. The van der Waals surface area contributed by atoms with E-state index in [1.807, 2.05) is 0 Å². The number of ether oxygens (including phenoxy) is 1. The second kappa shape index (κ2) is 6.97. The lowest BCUT2D eigenvalue weighted by Crippen LogP contribution is -2.27. The van der Waals surface area contributed by atoms with Crippen molar-refractivity contribution in [3.8, 4) is 0 Å². The number of rotatable bonds is 5. The van der Waals surface area contributed by atoms with Crippen LogP contribution >= 0.6 is 23.2 Å². The fourth-order valence-corrected chi connectivity index (χ4v) is 1.46. The summed E-state index contributed by atoms with van der Waals surface area (Å²) in [7, 11) is 0. The molecule has 1 N–H and O–H groups in total. The molecule has 0 saturated heterocycles. The van der Waals surface area contributed by atoms with Crippen molar-refractivity contribution in [1.29, 1.82) is 0 Å². The summed E-state index contributed by atoms with van der Waals surface area (Å²) in [6, 6.07) is 4.37. The van der Waals surface area contributed by atoms with Crippen LogP contribution in [0.4, 0.5) is 4.79 Å². The molecule has 1 amide bonds. The molecular weight excluding hydrogens is 289 g/mol. The molecule has 0 aliphatic rings. The maximum atomic E-state index is 11.9. The maximum Gasteiger partial charge on any atom is 0.412 e. The summed E-state index contributed by atoms with van der Waals surface area (Å²) < 4.78 is 4.66. The van der Waals surface area contributed by atoms with Crippen LogP contribution in [0.15, 0.2) is 43.1 Å². The van der Waals surface area contributed by atoms with Gasteiger partial charge in [0.05, 0.1) is 15.7 Å². The van der Waals surface area contributed by atoms with Gasteiger partial charge in [0.1, 0.15) is 6.61 Å².